The predicted molar refractivity (Wildman–Crippen MR) is 103 cm³/mol. The second-order valence-corrected chi connectivity index (χ2v) is 5.86. The third-order valence-electron chi connectivity index (χ3n) is 3.81. The Labute approximate surface area is 162 Å². The molecule has 0 radical (unpaired) electrons. The highest BCUT2D eigenvalue weighted by Gasteiger charge is 2.12. The Kier molecular flexibility index (Phi) is 7.27. The minimum atomic E-state index is -0.730. The molecule has 0 bridgehead atoms. The number of ether oxygens (including phenoxy) is 1. The summed E-state index contributed by atoms with van der Waals surface area (Å²) in [7, 11) is 1.52. The van der Waals surface area contributed by atoms with Crippen molar-refractivity contribution in [2.75, 3.05) is 25.5 Å². The molecular weight excluding hydrogens is 362 g/mol. The van der Waals surface area contributed by atoms with Crippen LogP contribution < -0.4 is 16.0 Å². The van der Waals surface area contributed by atoms with Crippen LogP contribution in [0.5, 0.6) is 0 Å². The van der Waals surface area contributed by atoms with Crippen molar-refractivity contribution in [1.82, 2.24) is 10.6 Å². The normalized spacial score (nSPS) is 9.93. The minimum Gasteiger partial charge on any atom is -0.454 e. The van der Waals surface area contributed by atoms with Crippen LogP contribution in [0.2, 0.25) is 0 Å². The third-order valence-corrected chi connectivity index (χ3v) is 3.81. The molecule has 2 aromatic carbocycles. The molecule has 0 atom stereocenters. The molecule has 0 aromatic heterocycles. The molecule has 0 aliphatic rings. The molecule has 3 amide bonds. The van der Waals surface area contributed by atoms with E-state index in [1.807, 2.05) is 6.07 Å². The lowest BCUT2D eigenvalue weighted by molar-refractivity contribution is -0.146. The van der Waals surface area contributed by atoms with Gasteiger partial charge >= 0.3 is 5.97 Å². The summed E-state index contributed by atoms with van der Waals surface area (Å²) in [5.74, 6) is -1.89. The zero-order valence-electron chi connectivity index (χ0n) is 15.6. The van der Waals surface area contributed by atoms with E-state index in [-0.39, 0.29) is 12.5 Å². The SMILES string of the molecule is CNC(=O)c1ccc(NC(=O)COC(=O)CNC(=O)c2ccccc2C)cc1. The number of hydrogen-bond acceptors (Lipinski definition) is 5. The molecule has 0 aliphatic carbocycles. The standard InChI is InChI=1S/C20H21N3O5/c1-13-5-3-4-6-16(13)20(27)22-11-18(25)28-12-17(24)23-15-9-7-14(8-10-15)19(26)21-2/h3-10H,11-12H2,1-2H3,(H,21,26)(H,22,27)(H,23,24). The molecule has 2 rings (SSSR count). The first-order chi connectivity index (χ1) is 13.4. The first-order valence-electron chi connectivity index (χ1n) is 8.52. The zero-order chi connectivity index (χ0) is 20.5. The van der Waals surface area contributed by atoms with Crippen LogP contribution in [0.15, 0.2) is 48.5 Å². The van der Waals surface area contributed by atoms with Crippen LogP contribution in [0.1, 0.15) is 26.3 Å². The molecule has 0 spiro atoms. The lowest BCUT2D eigenvalue weighted by atomic mass is 10.1. The number of esters is 1. The monoisotopic (exact) mass is 383 g/mol. The number of rotatable bonds is 7. The summed E-state index contributed by atoms with van der Waals surface area (Å²) in [4.78, 5) is 47.0. The first-order valence-corrected chi connectivity index (χ1v) is 8.52. The van der Waals surface area contributed by atoms with E-state index in [1.165, 1.54) is 7.05 Å². The van der Waals surface area contributed by atoms with Gasteiger partial charge in [-0.05, 0) is 42.8 Å². The fourth-order valence-electron chi connectivity index (χ4n) is 2.32. The van der Waals surface area contributed by atoms with E-state index in [0.717, 1.165) is 5.56 Å². The number of carbonyl (C=O) groups is 4. The molecule has 8 heteroatoms. The molecule has 0 saturated heterocycles. The van der Waals surface area contributed by atoms with E-state index in [9.17, 15) is 19.2 Å². The number of nitrogens with one attached hydrogen (secondary N) is 3. The summed E-state index contributed by atoms with van der Waals surface area (Å²) in [6, 6.07) is 13.2. The van der Waals surface area contributed by atoms with Gasteiger partial charge in [-0.2, -0.15) is 0 Å². The van der Waals surface area contributed by atoms with Crippen molar-refractivity contribution in [1.29, 1.82) is 0 Å². The first kappa shape index (κ1) is 20.6. The maximum Gasteiger partial charge on any atom is 0.325 e. The summed E-state index contributed by atoms with van der Waals surface area (Å²) in [5, 5.41) is 7.49. The molecule has 0 heterocycles. The van der Waals surface area contributed by atoms with Crippen molar-refractivity contribution in [3.05, 3.63) is 65.2 Å². The molecule has 3 N–H and O–H groups in total. The summed E-state index contributed by atoms with van der Waals surface area (Å²) < 4.78 is 4.84. The molecule has 0 fully saturated rings. The minimum absolute atomic E-state index is 0.237. The van der Waals surface area contributed by atoms with Crippen LogP contribution in [0.25, 0.3) is 0 Å². The highest BCUT2D eigenvalue weighted by atomic mass is 16.5. The van der Waals surface area contributed by atoms with Gasteiger partial charge in [0.2, 0.25) is 0 Å². The number of aryl methyl sites for hydroxylation is 1. The van der Waals surface area contributed by atoms with Gasteiger partial charge in [-0.15, -0.1) is 0 Å². The van der Waals surface area contributed by atoms with E-state index in [2.05, 4.69) is 16.0 Å². The van der Waals surface area contributed by atoms with Gasteiger partial charge in [0.25, 0.3) is 17.7 Å². The molecule has 8 nitrogen and oxygen atoms in total. The van der Waals surface area contributed by atoms with Crippen LogP contribution in [-0.4, -0.2) is 43.9 Å². The molecule has 28 heavy (non-hydrogen) atoms. The third kappa shape index (κ3) is 5.94. The summed E-state index contributed by atoms with van der Waals surface area (Å²) >= 11 is 0. The van der Waals surface area contributed by atoms with Crippen molar-refractivity contribution in [3.8, 4) is 0 Å². The number of carbonyl (C=O) groups excluding carboxylic acids is 4. The topological polar surface area (TPSA) is 114 Å². The Balaban J connectivity index is 1.75. The van der Waals surface area contributed by atoms with Gasteiger partial charge in [0.1, 0.15) is 6.54 Å². The largest absolute Gasteiger partial charge is 0.454 e. The maximum absolute atomic E-state index is 12.0. The highest BCUT2D eigenvalue weighted by molar-refractivity contribution is 5.98. The van der Waals surface area contributed by atoms with Crippen molar-refractivity contribution >= 4 is 29.4 Å². The Morgan fingerprint density at radius 2 is 1.61 bits per heavy atom. The van der Waals surface area contributed by atoms with Gasteiger partial charge in [0, 0.05) is 23.9 Å². The molecule has 0 saturated carbocycles. The lowest BCUT2D eigenvalue weighted by Gasteiger charge is -2.09. The van der Waals surface area contributed by atoms with Gasteiger partial charge in [-0.3, -0.25) is 19.2 Å². The lowest BCUT2D eigenvalue weighted by Crippen LogP contribution is -2.32. The van der Waals surface area contributed by atoms with Crippen molar-refractivity contribution in [3.63, 3.8) is 0 Å². The fraction of sp³-hybridized carbons (Fsp3) is 0.200. The number of amides is 3. The van der Waals surface area contributed by atoms with Crippen LogP contribution in [0.4, 0.5) is 5.69 Å². The van der Waals surface area contributed by atoms with Crippen LogP contribution in [0.3, 0.4) is 0 Å². The molecule has 146 valence electrons. The maximum atomic E-state index is 12.0. The van der Waals surface area contributed by atoms with Crippen LogP contribution >= 0.6 is 0 Å². The van der Waals surface area contributed by atoms with Crippen molar-refractivity contribution < 1.29 is 23.9 Å². The van der Waals surface area contributed by atoms with Gasteiger partial charge in [-0.1, -0.05) is 18.2 Å². The highest BCUT2D eigenvalue weighted by Crippen LogP contribution is 2.09. The van der Waals surface area contributed by atoms with Gasteiger partial charge < -0.3 is 20.7 Å². The van der Waals surface area contributed by atoms with Crippen molar-refractivity contribution in [2.45, 2.75) is 6.92 Å². The summed E-state index contributed by atoms with van der Waals surface area (Å²) in [5.41, 5.74) is 2.17. The van der Waals surface area contributed by atoms with E-state index in [1.54, 1.807) is 49.4 Å². The van der Waals surface area contributed by atoms with Crippen molar-refractivity contribution in [2.24, 2.45) is 0 Å². The average molecular weight is 383 g/mol. The second kappa shape index (κ2) is 9.86. The second-order valence-electron chi connectivity index (χ2n) is 5.86. The summed E-state index contributed by atoms with van der Waals surface area (Å²) in [6.07, 6.45) is 0. The number of anilines is 1. The predicted octanol–water partition coefficient (Wildman–Crippen LogP) is 1.27. The quantitative estimate of drug-likeness (QED) is 0.623. The Morgan fingerprint density at radius 3 is 2.25 bits per heavy atom. The summed E-state index contributed by atoms with van der Waals surface area (Å²) in [6.45, 7) is 0.955. The molecular formula is C20H21N3O5. The Bertz CT molecular complexity index is 878. The van der Waals surface area contributed by atoms with Crippen LogP contribution in [-0.2, 0) is 14.3 Å². The van der Waals surface area contributed by atoms with E-state index >= 15 is 0 Å². The zero-order valence-corrected chi connectivity index (χ0v) is 15.6. The Hall–Kier alpha value is -3.68. The molecule has 2 aromatic rings. The average Bonchev–Trinajstić information content (AvgIpc) is 2.70. The number of hydrogen-bond donors (Lipinski definition) is 3. The fourth-order valence-corrected chi connectivity index (χ4v) is 2.32. The van der Waals surface area contributed by atoms with Gasteiger partial charge in [0.05, 0.1) is 0 Å². The van der Waals surface area contributed by atoms with Crippen LogP contribution in [0, 0.1) is 6.92 Å². The Morgan fingerprint density at radius 1 is 0.929 bits per heavy atom. The van der Waals surface area contributed by atoms with Gasteiger partial charge in [-0.25, -0.2) is 0 Å². The smallest absolute Gasteiger partial charge is 0.325 e. The molecule has 0 aliphatic heterocycles. The molecule has 0 unspecified atom stereocenters. The van der Waals surface area contributed by atoms with E-state index in [4.69, 9.17) is 4.74 Å². The van der Waals surface area contributed by atoms with E-state index in [0.29, 0.717) is 16.8 Å². The number of benzene rings is 2. The van der Waals surface area contributed by atoms with Gasteiger partial charge in [0.15, 0.2) is 6.61 Å². The van der Waals surface area contributed by atoms with E-state index < -0.39 is 24.4 Å².